The first kappa shape index (κ1) is 31.4. The largest absolute Gasteiger partial charge is 0.461 e. The van der Waals surface area contributed by atoms with Gasteiger partial charge in [-0.15, -0.1) is 0 Å². The lowest BCUT2D eigenvalue weighted by molar-refractivity contribution is 0.417. The van der Waals surface area contributed by atoms with Crippen LogP contribution in [-0.2, 0) is 0 Å². The zero-order valence-corrected chi connectivity index (χ0v) is 30.0. The molecule has 3 heteroatoms. The Morgan fingerprint density at radius 3 is 1.93 bits per heavy atom. The van der Waals surface area contributed by atoms with Gasteiger partial charge in [-0.25, -0.2) is 0 Å². The Hall–Kier alpha value is -7.10. The van der Waals surface area contributed by atoms with Crippen LogP contribution in [-0.4, -0.2) is 0 Å². The Kier molecular flexibility index (Phi) is 7.31. The third-order valence-electron chi connectivity index (χ3n) is 11.3. The van der Waals surface area contributed by atoms with E-state index in [-0.39, 0.29) is 11.8 Å². The molecule has 0 bridgehead atoms. The van der Waals surface area contributed by atoms with Gasteiger partial charge in [0.25, 0.3) is 0 Å². The van der Waals surface area contributed by atoms with Gasteiger partial charge in [-0.1, -0.05) is 140 Å². The van der Waals surface area contributed by atoms with E-state index in [9.17, 15) is 0 Å². The molecule has 1 aliphatic carbocycles. The number of ether oxygens (including phenoxy) is 1. The van der Waals surface area contributed by atoms with Crippen LogP contribution in [0, 0.1) is 0 Å². The molecule has 2 unspecified atom stereocenters. The van der Waals surface area contributed by atoms with Crippen molar-refractivity contribution in [3.63, 3.8) is 0 Å². The number of hydrogen-bond acceptors (Lipinski definition) is 3. The highest BCUT2D eigenvalue weighted by Gasteiger charge is 2.39. The molecule has 0 amide bonds. The van der Waals surface area contributed by atoms with Gasteiger partial charge in [0.15, 0.2) is 0 Å². The van der Waals surface area contributed by atoms with E-state index >= 15 is 0 Å². The maximum absolute atomic E-state index is 6.58. The van der Waals surface area contributed by atoms with Crippen LogP contribution in [0.25, 0.3) is 55.0 Å². The van der Waals surface area contributed by atoms with Crippen LogP contribution in [0.4, 0.5) is 17.1 Å². The molecule has 11 rings (SSSR count). The molecule has 0 radical (unpaired) electrons. The van der Waals surface area contributed by atoms with Crippen molar-refractivity contribution in [3.8, 4) is 28.0 Å². The monoisotopic (exact) mass is 705 g/mol. The first-order valence-electron chi connectivity index (χ1n) is 18.9. The van der Waals surface area contributed by atoms with Crippen molar-refractivity contribution in [1.82, 2.24) is 0 Å². The Morgan fingerprint density at radius 1 is 0.473 bits per heavy atom. The molecule has 0 N–H and O–H groups in total. The molecule has 1 aliphatic heterocycles. The highest BCUT2D eigenvalue weighted by Crippen LogP contribution is 2.55. The first-order chi connectivity index (χ1) is 27.3. The molecule has 8 aromatic carbocycles. The molecule has 55 heavy (non-hydrogen) atoms. The summed E-state index contributed by atoms with van der Waals surface area (Å²) in [4.78, 5) is 2.40. The zero-order valence-electron chi connectivity index (χ0n) is 30.0. The summed E-state index contributed by atoms with van der Waals surface area (Å²) in [7, 11) is 0. The van der Waals surface area contributed by atoms with Crippen LogP contribution in [0.5, 0.6) is 5.75 Å². The van der Waals surface area contributed by atoms with Crippen molar-refractivity contribution in [1.29, 1.82) is 0 Å². The second kappa shape index (κ2) is 12.8. The van der Waals surface area contributed by atoms with E-state index < -0.39 is 0 Å². The number of allylic oxidation sites excluding steroid dienone is 4. The molecular formula is C52H35NO2. The van der Waals surface area contributed by atoms with Gasteiger partial charge in [-0.3, -0.25) is 0 Å². The molecule has 0 saturated carbocycles. The Bertz CT molecular complexity index is 2950. The predicted octanol–water partition coefficient (Wildman–Crippen LogP) is 14.3. The van der Waals surface area contributed by atoms with Crippen LogP contribution in [0.15, 0.2) is 210 Å². The van der Waals surface area contributed by atoms with Gasteiger partial charge >= 0.3 is 0 Å². The minimum absolute atomic E-state index is 0.0594. The molecule has 0 fully saturated rings. The number of para-hydroxylation sites is 2. The summed E-state index contributed by atoms with van der Waals surface area (Å²) in [6.45, 7) is 0. The number of nitrogens with zero attached hydrogens (tertiary/aromatic N) is 1. The molecule has 0 spiro atoms. The lowest BCUT2D eigenvalue weighted by Crippen LogP contribution is -2.18. The summed E-state index contributed by atoms with van der Waals surface area (Å²) in [5.74, 6) is 2.07. The zero-order chi connectivity index (χ0) is 36.3. The van der Waals surface area contributed by atoms with Gasteiger partial charge in [0.1, 0.15) is 22.7 Å². The third-order valence-corrected chi connectivity index (χ3v) is 11.3. The van der Waals surface area contributed by atoms with Gasteiger partial charge in [-0.2, -0.15) is 0 Å². The van der Waals surface area contributed by atoms with E-state index in [2.05, 4.69) is 193 Å². The van der Waals surface area contributed by atoms with Crippen molar-refractivity contribution in [2.24, 2.45) is 0 Å². The lowest BCUT2D eigenvalue weighted by Gasteiger charge is -2.32. The van der Waals surface area contributed by atoms with Gasteiger partial charge < -0.3 is 14.1 Å². The number of fused-ring (bicyclic) bond motifs is 8. The van der Waals surface area contributed by atoms with Gasteiger partial charge in [-0.05, 0) is 99.3 Å². The molecule has 0 saturated heterocycles. The molecule has 3 nitrogen and oxygen atoms in total. The number of furan rings is 1. The average molecular weight is 706 g/mol. The second-order valence-corrected chi connectivity index (χ2v) is 14.4. The van der Waals surface area contributed by atoms with E-state index in [1.165, 1.54) is 33.0 Å². The van der Waals surface area contributed by atoms with Crippen molar-refractivity contribution in [2.45, 2.75) is 11.8 Å². The van der Waals surface area contributed by atoms with E-state index in [1.807, 2.05) is 12.1 Å². The number of benzene rings is 8. The Labute approximate surface area is 319 Å². The first-order valence-corrected chi connectivity index (χ1v) is 18.9. The molecule has 260 valence electrons. The third kappa shape index (κ3) is 5.27. The minimum Gasteiger partial charge on any atom is -0.461 e. The minimum atomic E-state index is 0.0594. The second-order valence-electron chi connectivity index (χ2n) is 14.4. The molecule has 2 aliphatic rings. The van der Waals surface area contributed by atoms with E-state index in [0.29, 0.717) is 0 Å². The molecule has 2 heterocycles. The van der Waals surface area contributed by atoms with Gasteiger partial charge in [0.2, 0.25) is 0 Å². The fraction of sp³-hybridized carbons (Fsp3) is 0.0385. The molecule has 2 atom stereocenters. The van der Waals surface area contributed by atoms with Gasteiger partial charge in [0, 0.05) is 39.3 Å². The van der Waals surface area contributed by atoms with Crippen molar-refractivity contribution in [3.05, 3.63) is 217 Å². The number of anilines is 3. The van der Waals surface area contributed by atoms with E-state index in [1.54, 1.807) is 0 Å². The van der Waals surface area contributed by atoms with E-state index in [0.717, 1.165) is 61.6 Å². The maximum atomic E-state index is 6.58. The summed E-state index contributed by atoms with van der Waals surface area (Å²) < 4.78 is 12.8. The summed E-state index contributed by atoms with van der Waals surface area (Å²) >= 11 is 0. The maximum Gasteiger partial charge on any atom is 0.136 e. The highest BCUT2D eigenvalue weighted by atomic mass is 16.5. The van der Waals surface area contributed by atoms with Gasteiger partial charge in [0.05, 0.1) is 5.92 Å². The Balaban J connectivity index is 1.03. The Morgan fingerprint density at radius 2 is 1.11 bits per heavy atom. The molecular weight excluding hydrogens is 671 g/mol. The number of hydrogen-bond donors (Lipinski definition) is 0. The summed E-state index contributed by atoms with van der Waals surface area (Å²) in [6, 6.07) is 65.0. The lowest BCUT2D eigenvalue weighted by atomic mass is 9.76. The van der Waals surface area contributed by atoms with E-state index in [4.69, 9.17) is 9.15 Å². The fourth-order valence-corrected chi connectivity index (χ4v) is 8.72. The van der Waals surface area contributed by atoms with Crippen LogP contribution < -0.4 is 9.64 Å². The fourth-order valence-electron chi connectivity index (χ4n) is 8.72. The SMILES string of the molecule is C1=CC(c2ccccc2N(c2ccc(-c3ccccc3)cc2)c2ccc(-c3ccc4c(c3)oc3ccccc34)cc2)C2C(=C1)Oc1ccc3ccccc3c12. The van der Waals surface area contributed by atoms with Crippen LogP contribution in [0.2, 0.25) is 0 Å². The highest BCUT2D eigenvalue weighted by molar-refractivity contribution is 6.06. The van der Waals surface area contributed by atoms with Crippen LogP contribution in [0.3, 0.4) is 0 Å². The van der Waals surface area contributed by atoms with Crippen LogP contribution >= 0.6 is 0 Å². The average Bonchev–Trinajstić information content (AvgIpc) is 3.83. The van der Waals surface area contributed by atoms with Crippen LogP contribution in [0.1, 0.15) is 23.0 Å². The summed E-state index contributed by atoms with van der Waals surface area (Å²) in [6.07, 6.45) is 6.65. The van der Waals surface area contributed by atoms with Crippen molar-refractivity contribution >= 4 is 49.8 Å². The normalized spacial score (nSPS) is 15.8. The smallest absolute Gasteiger partial charge is 0.136 e. The summed E-state index contributed by atoms with van der Waals surface area (Å²) in [5.41, 5.74) is 12.3. The van der Waals surface area contributed by atoms with Crippen molar-refractivity contribution < 1.29 is 9.15 Å². The summed E-state index contributed by atoms with van der Waals surface area (Å²) in [5, 5.41) is 4.75. The quantitative estimate of drug-likeness (QED) is 0.172. The number of rotatable bonds is 6. The standard InChI is InChI=1S/C52H35NO2/c1-2-11-34(12-3-1)35-21-27-39(28-22-35)53(40-29-23-36(24-30-40)38-25-31-44-43-16-7-9-19-47(43)54-50(44)33-38)46-18-8-6-15-42(46)45-17-10-20-48-52(45)51-41-14-5-4-13-37(41)26-32-49(51)55-48/h1-33,45,52H. The van der Waals surface area contributed by atoms with Crippen molar-refractivity contribution in [2.75, 3.05) is 4.90 Å². The topological polar surface area (TPSA) is 25.6 Å². The predicted molar refractivity (Wildman–Crippen MR) is 227 cm³/mol. The molecule has 1 aromatic heterocycles. The molecule has 9 aromatic rings.